The first-order chi connectivity index (χ1) is 9.99. The van der Waals surface area contributed by atoms with Gasteiger partial charge in [-0.25, -0.2) is 0 Å². The van der Waals surface area contributed by atoms with E-state index in [-0.39, 0.29) is 0 Å². The third-order valence-electron chi connectivity index (χ3n) is 5.03. The van der Waals surface area contributed by atoms with Crippen molar-refractivity contribution in [1.29, 1.82) is 0 Å². The van der Waals surface area contributed by atoms with E-state index >= 15 is 0 Å². The van der Waals surface area contributed by atoms with E-state index in [1.807, 2.05) is 0 Å². The van der Waals surface area contributed by atoms with Crippen LogP contribution in [-0.2, 0) is 6.54 Å². The minimum absolute atomic E-state index is 0.451. The average molecular weight is 294 g/mol. The molecular formula is C16H23FN2O2. The van der Waals surface area contributed by atoms with Crippen molar-refractivity contribution >= 4 is 5.69 Å². The second kappa shape index (κ2) is 6.52. The molecule has 0 amide bonds. The van der Waals surface area contributed by atoms with E-state index in [0.717, 1.165) is 18.7 Å². The van der Waals surface area contributed by atoms with Crippen LogP contribution in [0.5, 0.6) is 0 Å². The number of likely N-dealkylation sites (tertiary alicyclic amines) is 1. The van der Waals surface area contributed by atoms with E-state index in [4.69, 9.17) is 0 Å². The predicted molar refractivity (Wildman–Crippen MR) is 80.6 cm³/mol. The van der Waals surface area contributed by atoms with Crippen molar-refractivity contribution in [3.63, 3.8) is 0 Å². The third-order valence-corrected chi connectivity index (χ3v) is 5.03. The quantitative estimate of drug-likeness (QED) is 0.605. The van der Waals surface area contributed by atoms with Crippen molar-refractivity contribution in [2.75, 3.05) is 13.1 Å². The zero-order chi connectivity index (χ0) is 15.5. The molecule has 1 aliphatic rings. The highest BCUT2D eigenvalue weighted by molar-refractivity contribution is 5.35. The molecule has 1 saturated heterocycles. The van der Waals surface area contributed by atoms with Crippen molar-refractivity contribution in [2.24, 2.45) is 5.41 Å². The normalized spacial score (nSPS) is 18.6. The van der Waals surface area contributed by atoms with Gasteiger partial charge in [0.1, 0.15) is 0 Å². The van der Waals surface area contributed by atoms with Crippen LogP contribution in [0.15, 0.2) is 18.2 Å². The van der Waals surface area contributed by atoms with Crippen molar-refractivity contribution in [2.45, 2.75) is 46.1 Å². The predicted octanol–water partition coefficient (Wildman–Crippen LogP) is 4.14. The molecule has 116 valence electrons. The van der Waals surface area contributed by atoms with Gasteiger partial charge in [0.05, 0.1) is 4.92 Å². The van der Waals surface area contributed by atoms with Crippen LogP contribution in [0.4, 0.5) is 10.1 Å². The van der Waals surface area contributed by atoms with Crippen molar-refractivity contribution < 1.29 is 9.31 Å². The lowest BCUT2D eigenvalue weighted by atomic mass is 9.74. The molecule has 0 aliphatic carbocycles. The maximum absolute atomic E-state index is 13.6. The van der Waals surface area contributed by atoms with Gasteiger partial charge in [-0.05, 0) is 43.0 Å². The number of nitro benzene ring substituents is 1. The topological polar surface area (TPSA) is 46.4 Å². The van der Waals surface area contributed by atoms with E-state index < -0.39 is 16.4 Å². The molecule has 2 rings (SSSR count). The van der Waals surface area contributed by atoms with E-state index in [1.165, 1.54) is 37.8 Å². The average Bonchev–Trinajstić information content (AvgIpc) is 2.48. The smallest absolute Gasteiger partial charge is 0.299 e. The molecule has 1 aromatic carbocycles. The van der Waals surface area contributed by atoms with Gasteiger partial charge < -0.3 is 0 Å². The van der Waals surface area contributed by atoms with Crippen LogP contribution in [0.3, 0.4) is 0 Å². The summed E-state index contributed by atoms with van der Waals surface area (Å²) in [5.41, 5.74) is 0.823. The van der Waals surface area contributed by atoms with Crippen LogP contribution in [0.1, 0.15) is 45.1 Å². The number of nitrogens with zero attached hydrogens (tertiary/aromatic N) is 2. The van der Waals surface area contributed by atoms with Gasteiger partial charge in [0.15, 0.2) is 0 Å². The van der Waals surface area contributed by atoms with Gasteiger partial charge in [-0.15, -0.1) is 0 Å². The lowest BCUT2D eigenvalue weighted by Gasteiger charge is -2.41. The van der Waals surface area contributed by atoms with Crippen molar-refractivity contribution in [3.8, 4) is 0 Å². The Hall–Kier alpha value is -1.49. The molecule has 1 fully saturated rings. The third kappa shape index (κ3) is 3.59. The summed E-state index contributed by atoms with van der Waals surface area (Å²) in [6, 6.07) is 4.21. The summed E-state index contributed by atoms with van der Waals surface area (Å²) in [5, 5.41) is 10.6. The molecule has 0 N–H and O–H groups in total. The maximum Gasteiger partial charge on any atom is 0.304 e. The Morgan fingerprint density at radius 2 is 1.90 bits per heavy atom. The highest BCUT2D eigenvalue weighted by Crippen LogP contribution is 2.38. The van der Waals surface area contributed by atoms with E-state index in [2.05, 4.69) is 18.7 Å². The van der Waals surface area contributed by atoms with Gasteiger partial charge in [-0.3, -0.25) is 15.0 Å². The minimum Gasteiger partial charge on any atom is -0.299 e. The fraction of sp³-hybridized carbons (Fsp3) is 0.625. The number of rotatable bonds is 5. The molecule has 0 spiro atoms. The number of halogens is 1. The molecule has 1 aromatic rings. The highest BCUT2D eigenvalue weighted by atomic mass is 19.1. The molecule has 0 radical (unpaired) electrons. The van der Waals surface area contributed by atoms with Crippen molar-refractivity contribution in [1.82, 2.24) is 4.90 Å². The lowest BCUT2D eigenvalue weighted by Crippen LogP contribution is -2.39. The Bertz CT molecular complexity index is 505. The molecule has 1 aliphatic heterocycles. The zero-order valence-corrected chi connectivity index (χ0v) is 12.8. The molecule has 1 heterocycles. The number of benzene rings is 1. The lowest BCUT2D eigenvalue weighted by molar-refractivity contribution is -0.387. The summed E-state index contributed by atoms with van der Waals surface area (Å²) in [6.07, 6.45) is 4.78. The Labute approximate surface area is 125 Å². The molecule has 0 unspecified atom stereocenters. The molecule has 0 aromatic heterocycles. The standard InChI is InChI=1S/C16H23FN2O2/c1-3-16(4-2)7-9-18(10-8-16)12-13-5-6-15(19(20)21)14(17)11-13/h5-6,11H,3-4,7-10,12H2,1-2H3. The maximum atomic E-state index is 13.6. The van der Waals surface area contributed by atoms with Crippen LogP contribution in [-0.4, -0.2) is 22.9 Å². The number of piperidine rings is 1. The zero-order valence-electron chi connectivity index (χ0n) is 12.8. The highest BCUT2D eigenvalue weighted by Gasteiger charge is 2.31. The van der Waals surface area contributed by atoms with Crippen molar-refractivity contribution in [3.05, 3.63) is 39.7 Å². The van der Waals surface area contributed by atoms with E-state index in [0.29, 0.717) is 12.0 Å². The van der Waals surface area contributed by atoms with Crippen LogP contribution < -0.4 is 0 Å². The van der Waals surface area contributed by atoms with Gasteiger partial charge in [0, 0.05) is 12.6 Å². The molecule has 0 saturated carbocycles. The number of nitro groups is 1. The molecule has 0 atom stereocenters. The summed E-state index contributed by atoms with van der Waals surface area (Å²) in [6.45, 7) is 7.20. The first-order valence-corrected chi connectivity index (χ1v) is 7.65. The Morgan fingerprint density at radius 3 is 2.38 bits per heavy atom. The Morgan fingerprint density at radius 1 is 1.29 bits per heavy atom. The molecule has 21 heavy (non-hydrogen) atoms. The minimum atomic E-state index is -0.744. The fourth-order valence-corrected chi connectivity index (χ4v) is 3.20. The summed E-state index contributed by atoms with van der Waals surface area (Å²) in [4.78, 5) is 12.2. The Balaban J connectivity index is 1.98. The first kappa shape index (κ1) is 15.9. The summed E-state index contributed by atoms with van der Waals surface area (Å²) >= 11 is 0. The van der Waals surface area contributed by atoms with Crippen LogP contribution >= 0.6 is 0 Å². The molecular weight excluding hydrogens is 271 g/mol. The summed E-state index contributed by atoms with van der Waals surface area (Å²) < 4.78 is 13.6. The molecule has 5 heteroatoms. The van der Waals surface area contributed by atoms with E-state index in [1.54, 1.807) is 6.07 Å². The monoisotopic (exact) mass is 294 g/mol. The van der Waals surface area contributed by atoms with Crippen LogP contribution in [0.2, 0.25) is 0 Å². The summed E-state index contributed by atoms with van der Waals surface area (Å²) in [5.74, 6) is -0.744. The van der Waals surface area contributed by atoms with Gasteiger partial charge in [0.25, 0.3) is 0 Å². The fourth-order valence-electron chi connectivity index (χ4n) is 3.20. The largest absolute Gasteiger partial charge is 0.304 e. The van der Waals surface area contributed by atoms with Crippen LogP contribution in [0.25, 0.3) is 0 Å². The van der Waals surface area contributed by atoms with Gasteiger partial charge in [0.2, 0.25) is 5.82 Å². The second-order valence-corrected chi connectivity index (χ2v) is 6.03. The number of hydrogen-bond acceptors (Lipinski definition) is 3. The van der Waals surface area contributed by atoms with Gasteiger partial charge in [-0.1, -0.05) is 32.8 Å². The van der Waals surface area contributed by atoms with Crippen LogP contribution in [0, 0.1) is 21.3 Å². The van der Waals surface area contributed by atoms with E-state index in [9.17, 15) is 14.5 Å². The van der Waals surface area contributed by atoms with Gasteiger partial charge in [-0.2, -0.15) is 4.39 Å². The molecule has 0 bridgehead atoms. The SMILES string of the molecule is CCC1(CC)CCN(Cc2ccc([N+](=O)[O-])c(F)c2)CC1. The number of hydrogen-bond donors (Lipinski definition) is 0. The summed E-state index contributed by atoms with van der Waals surface area (Å²) in [7, 11) is 0. The molecule has 4 nitrogen and oxygen atoms in total. The van der Waals surface area contributed by atoms with Gasteiger partial charge >= 0.3 is 5.69 Å². The first-order valence-electron chi connectivity index (χ1n) is 7.65. The Kier molecular flexibility index (Phi) is 4.93. The second-order valence-electron chi connectivity index (χ2n) is 6.03.